The Morgan fingerprint density at radius 2 is 1.61 bits per heavy atom. The first-order valence-electron chi connectivity index (χ1n) is 10.0. The molecule has 3 nitrogen and oxygen atoms in total. The molecule has 0 aromatic rings. The lowest BCUT2D eigenvalue weighted by atomic mass is 10.1. The summed E-state index contributed by atoms with van der Waals surface area (Å²) in [7, 11) is 0. The summed E-state index contributed by atoms with van der Waals surface area (Å²) in [5.41, 5.74) is 5.64. The van der Waals surface area contributed by atoms with E-state index in [1.807, 2.05) is 0 Å². The molecule has 0 atom stereocenters. The van der Waals surface area contributed by atoms with E-state index in [9.17, 15) is 0 Å². The smallest absolute Gasteiger partial charge is 0.0990 e. The molecule has 0 saturated heterocycles. The number of aliphatic imine (C=N–C) groups is 1. The second kappa shape index (κ2) is 14.7. The van der Waals surface area contributed by atoms with Gasteiger partial charge in [0, 0.05) is 26.1 Å². The summed E-state index contributed by atoms with van der Waals surface area (Å²) < 4.78 is 0. The molecule has 2 N–H and O–H groups in total. The Hall–Kier alpha value is -0.830. The van der Waals surface area contributed by atoms with Gasteiger partial charge in [0.1, 0.15) is 0 Å². The van der Waals surface area contributed by atoms with Crippen LogP contribution < -0.4 is 5.73 Å². The Kier molecular flexibility index (Phi) is 13.0. The van der Waals surface area contributed by atoms with E-state index in [1.165, 1.54) is 76.5 Å². The number of hydrogen-bond donors (Lipinski definition) is 1. The van der Waals surface area contributed by atoms with E-state index in [-0.39, 0.29) is 0 Å². The van der Waals surface area contributed by atoms with Gasteiger partial charge in [-0.3, -0.25) is 4.99 Å². The zero-order valence-corrected chi connectivity index (χ0v) is 15.4. The summed E-state index contributed by atoms with van der Waals surface area (Å²) in [6.45, 7) is 6.04. The molecule has 3 heteroatoms. The molecule has 23 heavy (non-hydrogen) atoms. The molecular formula is C20H39N3. The largest absolute Gasteiger partial charge is 0.357 e. The first kappa shape index (κ1) is 20.2. The van der Waals surface area contributed by atoms with Crippen molar-refractivity contribution in [1.29, 1.82) is 0 Å². The number of nitrogens with zero attached hydrogens (tertiary/aromatic N) is 2. The van der Waals surface area contributed by atoms with Crippen molar-refractivity contribution in [2.45, 2.75) is 84.0 Å². The Morgan fingerprint density at radius 3 is 2.26 bits per heavy atom. The number of amidine groups is 1. The van der Waals surface area contributed by atoms with E-state index in [1.54, 1.807) is 0 Å². The predicted octanol–water partition coefficient (Wildman–Crippen LogP) is 4.92. The van der Waals surface area contributed by atoms with Crippen LogP contribution in [0.1, 0.15) is 84.0 Å². The Bertz CT molecular complexity index is 323. The Labute approximate surface area is 144 Å². The van der Waals surface area contributed by atoms with Crippen molar-refractivity contribution in [2.24, 2.45) is 10.7 Å². The number of nitrogens with two attached hydrogens (primary N) is 1. The molecule has 1 aliphatic rings. The Balaban J connectivity index is 1.86. The average molecular weight is 322 g/mol. The fraction of sp³-hybridized carbons (Fsp3) is 0.850. The second-order valence-electron chi connectivity index (χ2n) is 6.70. The van der Waals surface area contributed by atoms with Crippen LogP contribution in [0, 0.1) is 0 Å². The van der Waals surface area contributed by atoms with Gasteiger partial charge < -0.3 is 10.6 Å². The topological polar surface area (TPSA) is 41.6 Å². The predicted molar refractivity (Wildman–Crippen MR) is 103 cm³/mol. The minimum absolute atomic E-state index is 0.740. The SMILES string of the molecule is CCCCCCC/C=C/CCCCCCC1=NCCN1CCN. The molecule has 0 saturated carbocycles. The van der Waals surface area contributed by atoms with Crippen LogP contribution in [0.25, 0.3) is 0 Å². The van der Waals surface area contributed by atoms with Crippen molar-refractivity contribution in [3.05, 3.63) is 12.2 Å². The molecule has 1 heterocycles. The minimum atomic E-state index is 0.740. The number of rotatable bonds is 15. The van der Waals surface area contributed by atoms with Crippen LogP contribution in [-0.4, -0.2) is 36.9 Å². The summed E-state index contributed by atoms with van der Waals surface area (Å²) in [6, 6.07) is 0. The lowest BCUT2D eigenvalue weighted by molar-refractivity contribution is 0.456. The third-order valence-corrected chi connectivity index (χ3v) is 4.59. The molecule has 0 aliphatic carbocycles. The zero-order chi connectivity index (χ0) is 16.6. The normalized spacial score (nSPS) is 14.9. The summed E-state index contributed by atoms with van der Waals surface area (Å²) >= 11 is 0. The summed E-state index contributed by atoms with van der Waals surface area (Å²) in [5.74, 6) is 1.30. The monoisotopic (exact) mass is 321 g/mol. The van der Waals surface area contributed by atoms with Crippen LogP contribution in [0.4, 0.5) is 0 Å². The van der Waals surface area contributed by atoms with Gasteiger partial charge in [-0.15, -0.1) is 0 Å². The quantitative estimate of drug-likeness (QED) is 0.344. The van der Waals surface area contributed by atoms with E-state index in [0.29, 0.717) is 0 Å². The lowest BCUT2D eigenvalue weighted by Gasteiger charge is -2.19. The molecular weight excluding hydrogens is 282 g/mol. The van der Waals surface area contributed by atoms with Gasteiger partial charge in [0.25, 0.3) is 0 Å². The van der Waals surface area contributed by atoms with Crippen molar-refractivity contribution in [1.82, 2.24) is 4.90 Å². The molecule has 0 amide bonds. The minimum Gasteiger partial charge on any atom is -0.357 e. The lowest BCUT2D eigenvalue weighted by Crippen LogP contribution is -2.32. The molecule has 0 spiro atoms. The molecule has 0 aromatic heterocycles. The molecule has 0 aromatic carbocycles. The summed E-state index contributed by atoms with van der Waals surface area (Å²) in [4.78, 5) is 6.97. The van der Waals surface area contributed by atoms with Crippen molar-refractivity contribution in [3.8, 4) is 0 Å². The molecule has 0 fully saturated rings. The highest BCUT2D eigenvalue weighted by Gasteiger charge is 2.14. The van der Waals surface area contributed by atoms with Gasteiger partial charge in [-0.2, -0.15) is 0 Å². The highest BCUT2D eigenvalue weighted by molar-refractivity contribution is 5.83. The Morgan fingerprint density at radius 1 is 0.957 bits per heavy atom. The fourth-order valence-electron chi connectivity index (χ4n) is 3.16. The first-order chi connectivity index (χ1) is 11.4. The highest BCUT2D eigenvalue weighted by atomic mass is 15.2. The fourth-order valence-corrected chi connectivity index (χ4v) is 3.16. The maximum atomic E-state index is 5.64. The summed E-state index contributed by atoms with van der Waals surface area (Å²) in [6.07, 6.45) is 20.7. The van der Waals surface area contributed by atoms with Gasteiger partial charge in [0.05, 0.1) is 12.4 Å². The maximum absolute atomic E-state index is 5.64. The third-order valence-electron chi connectivity index (χ3n) is 4.59. The first-order valence-corrected chi connectivity index (χ1v) is 10.0. The van der Waals surface area contributed by atoms with Crippen LogP contribution in [0.15, 0.2) is 17.1 Å². The second-order valence-corrected chi connectivity index (χ2v) is 6.70. The van der Waals surface area contributed by atoms with Crippen LogP contribution in [-0.2, 0) is 0 Å². The van der Waals surface area contributed by atoms with Crippen LogP contribution in [0.5, 0.6) is 0 Å². The van der Waals surface area contributed by atoms with Gasteiger partial charge >= 0.3 is 0 Å². The van der Waals surface area contributed by atoms with E-state index in [4.69, 9.17) is 5.73 Å². The van der Waals surface area contributed by atoms with Crippen LogP contribution in [0.2, 0.25) is 0 Å². The molecule has 1 rings (SSSR count). The number of allylic oxidation sites excluding steroid dienone is 2. The van der Waals surface area contributed by atoms with E-state index < -0.39 is 0 Å². The van der Waals surface area contributed by atoms with Gasteiger partial charge in [-0.25, -0.2) is 0 Å². The average Bonchev–Trinajstić information content (AvgIpc) is 2.99. The third kappa shape index (κ3) is 10.5. The van der Waals surface area contributed by atoms with Crippen molar-refractivity contribution >= 4 is 5.84 Å². The molecule has 0 bridgehead atoms. The maximum Gasteiger partial charge on any atom is 0.0990 e. The highest BCUT2D eigenvalue weighted by Crippen LogP contribution is 2.12. The standard InChI is InChI=1S/C20H39N3/c1-2-3-4-5-6-7-8-9-10-11-12-13-14-15-20-22-17-19-23(20)18-16-21/h8-9H,2-7,10-19,21H2,1H3/b9-8+. The van der Waals surface area contributed by atoms with Crippen molar-refractivity contribution in [2.75, 3.05) is 26.2 Å². The molecule has 1 aliphatic heterocycles. The zero-order valence-electron chi connectivity index (χ0n) is 15.4. The van der Waals surface area contributed by atoms with Crippen LogP contribution >= 0.6 is 0 Å². The number of hydrogen-bond acceptors (Lipinski definition) is 3. The van der Waals surface area contributed by atoms with Crippen molar-refractivity contribution < 1.29 is 0 Å². The van der Waals surface area contributed by atoms with Gasteiger partial charge in [0.15, 0.2) is 0 Å². The molecule has 134 valence electrons. The molecule has 0 unspecified atom stereocenters. The van der Waals surface area contributed by atoms with E-state index in [2.05, 4.69) is 29.0 Å². The van der Waals surface area contributed by atoms with Gasteiger partial charge in [-0.1, -0.05) is 57.6 Å². The van der Waals surface area contributed by atoms with E-state index in [0.717, 1.165) is 32.6 Å². The van der Waals surface area contributed by atoms with E-state index >= 15 is 0 Å². The molecule has 0 radical (unpaired) electrons. The van der Waals surface area contributed by atoms with Crippen LogP contribution in [0.3, 0.4) is 0 Å². The van der Waals surface area contributed by atoms with Gasteiger partial charge in [-0.05, 0) is 32.1 Å². The van der Waals surface area contributed by atoms with Gasteiger partial charge in [0.2, 0.25) is 0 Å². The summed E-state index contributed by atoms with van der Waals surface area (Å²) in [5, 5.41) is 0. The van der Waals surface area contributed by atoms with Crippen molar-refractivity contribution in [3.63, 3.8) is 0 Å². The number of unbranched alkanes of at least 4 members (excludes halogenated alkanes) is 9.